The average Bonchev–Trinajstić information content (AvgIpc) is 3.95. The fourth-order valence-electron chi connectivity index (χ4n) is 10.3. The van der Waals surface area contributed by atoms with Crippen molar-refractivity contribution in [2.24, 2.45) is 5.92 Å². The number of hydrogen-bond donors (Lipinski definition) is 0. The molecule has 0 saturated carbocycles. The molecule has 9 aromatic rings. The molecule has 7 heteroatoms. The lowest BCUT2D eigenvalue weighted by molar-refractivity contribution is 0.590. The van der Waals surface area contributed by atoms with E-state index in [4.69, 9.17) is 0 Å². The topological polar surface area (TPSA) is 110 Å². The quantitative estimate of drug-likeness (QED) is 0.176. The summed E-state index contributed by atoms with van der Waals surface area (Å²) in [6.07, 6.45) is 10.4. The van der Waals surface area contributed by atoms with Crippen LogP contribution in [0.5, 0.6) is 0 Å². The molecule has 0 aliphatic heterocycles. The predicted molar refractivity (Wildman–Crippen MR) is 252 cm³/mol. The zero-order valence-electron chi connectivity index (χ0n) is 35.1. The lowest BCUT2D eigenvalue weighted by Gasteiger charge is -2.28. The highest BCUT2D eigenvalue weighted by molar-refractivity contribution is 6.11. The summed E-state index contributed by atoms with van der Waals surface area (Å²) in [5, 5.41) is 48.3. The summed E-state index contributed by atoms with van der Waals surface area (Å²) in [6, 6.07) is 49.4. The van der Waals surface area contributed by atoms with Gasteiger partial charge in [0.1, 0.15) is 23.3 Å². The Labute approximate surface area is 365 Å². The van der Waals surface area contributed by atoms with Crippen LogP contribution in [0.1, 0.15) is 72.0 Å². The number of para-hydroxylation sites is 3. The Morgan fingerprint density at radius 2 is 1.19 bits per heavy atom. The van der Waals surface area contributed by atoms with E-state index in [0.29, 0.717) is 46.6 Å². The maximum absolute atomic E-state index is 12.0. The maximum Gasteiger partial charge on any atom is 0.104 e. The van der Waals surface area contributed by atoms with Crippen LogP contribution in [0.4, 0.5) is 0 Å². The summed E-state index contributed by atoms with van der Waals surface area (Å²) >= 11 is 0. The number of benzene rings is 6. The molecular formula is C56H39N7. The van der Waals surface area contributed by atoms with Crippen molar-refractivity contribution in [2.75, 3.05) is 0 Å². The molecule has 6 aromatic carbocycles. The van der Waals surface area contributed by atoms with Crippen LogP contribution in [0, 0.1) is 51.2 Å². The van der Waals surface area contributed by atoms with Gasteiger partial charge in [-0.25, -0.2) is 0 Å². The average molecular weight is 810 g/mol. The van der Waals surface area contributed by atoms with Gasteiger partial charge in [0.2, 0.25) is 0 Å². The molecule has 0 N–H and O–H groups in total. The van der Waals surface area contributed by atoms with Crippen molar-refractivity contribution in [3.63, 3.8) is 0 Å². The van der Waals surface area contributed by atoms with Gasteiger partial charge in [0.05, 0.1) is 62.7 Å². The number of allylic oxidation sites excluding steroid dienone is 2. The molecule has 0 amide bonds. The minimum Gasteiger partial charge on any atom is -0.311 e. The zero-order valence-corrected chi connectivity index (χ0v) is 35.1. The SMILES string of the molecule is CC(C)(C)c1ccc(-c2c(-n3c4c(c5ccccc53)CC(C#N)C=C4)c(C#N)c(-n3c4ccccc4c4ccccc43)c(C#N)c2-n2c3c(c4cc(C#N)ccc42)C=CCC3)cc1. The van der Waals surface area contributed by atoms with Crippen molar-refractivity contribution in [3.05, 3.63) is 172 Å². The summed E-state index contributed by atoms with van der Waals surface area (Å²) < 4.78 is 6.59. The third-order valence-electron chi connectivity index (χ3n) is 13.1. The first-order valence-electron chi connectivity index (χ1n) is 21.3. The van der Waals surface area contributed by atoms with E-state index in [9.17, 15) is 21.0 Å². The number of nitrogens with zero attached hydrogens (tertiary/aromatic N) is 7. The van der Waals surface area contributed by atoms with E-state index in [1.807, 2.05) is 66.7 Å². The number of hydrogen-bond acceptors (Lipinski definition) is 4. The molecule has 7 nitrogen and oxygen atoms in total. The molecule has 11 rings (SSSR count). The number of rotatable bonds is 4. The molecule has 0 spiro atoms. The van der Waals surface area contributed by atoms with Crippen molar-refractivity contribution in [2.45, 2.75) is 45.4 Å². The summed E-state index contributed by atoms with van der Waals surface area (Å²) in [6.45, 7) is 6.59. The highest BCUT2D eigenvalue weighted by Gasteiger charge is 2.35. The highest BCUT2D eigenvalue weighted by atomic mass is 15.1. The monoisotopic (exact) mass is 809 g/mol. The Morgan fingerprint density at radius 1 is 0.587 bits per heavy atom. The molecule has 1 unspecified atom stereocenters. The van der Waals surface area contributed by atoms with Crippen LogP contribution < -0.4 is 0 Å². The third-order valence-corrected chi connectivity index (χ3v) is 13.1. The second-order valence-corrected chi connectivity index (χ2v) is 17.6. The minimum absolute atomic E-state index is 0.127. The molecule has 0 fully saturated rings. The van der Waals surface area contributed by atoms with Crippen LogP contribution in [-0.2, 0) is 18.3 Å². The van der Waals surface area contributed by atoms with E-state index in [1.165, 1.54) is 0 Å². The smallest absolute Gasteiger partial charge is 0.104 e. The van der Waals surface area contributed by atoms with Gasteiger partial charge in [0.15, 0.2) is 0 Å². The van der Waals surface area contributed by atoms with E-state index >= 15 is 0 Å². The van der Waals surface area contributed by atoms with E-state index in [2.05, 4.69) is 132 Å². The normalized spacial score (nSPS) is 14.4. The van der Waals surface area contributed by atoms with E-state index < -0.39 is 0 Å². The predicted octanol–water partition coefficient (Wildman–Crippen LogP) is 12.9. The molecule has 3 aromatic heterocycles. The Bertz CT molecular complexity index is 3620. The van der Waals surface area contributed by atoms with Crippen LogP contribution in [-0.4, -0.2) is 13.7 Å². The fraction of sp³-hybridized carbons (Fsp3) is 0.143. The molecule has 2 aliphatic carbocycles. The fourth-order valence-corrected chi connectivity index (χ4v) is 10.3. The molecule has 3 heterocycles. The summed E-state index contributed by atoms with van der Waals surface area (Å²) in [7, 11) is 0. The van der Waals surface area contributed by atoms with Crippen molar-refractivity contribution in [1.29, 1.82) is 21.0 Å². The van der Waals surface area contributed by atoms with Gasteiger partial charge in [-0.3, -0.25) is 0 Å². The minimum atomic E-state index is -0.301. The van der Waals surface area contributed by atoms with Crippen LogP contribution in [0.3, 0.4) is 0 Å². The molecule has 1 atom stereocenters. The van der Waals surface area contributed by atoms with E-state index in [1.54, 1.807) is 0 Å². The molecular weight excluding hydrogens is 771 g/mol. The van der Waals surface area contributed by atoms with Crippen molar-refractivity contribution < 1.29 is 0 Å². The van der Waals surface area contributed by atoms with Gasteiger partial charge in [0.25, 0.3) is 0 Å². The first kappa shape index (κ1) is 37.6. The van der Waals surface area contributed by atoms with Gasteiger partial charge >= 0.3 is 0 Å². The van der Waals surface area contributed by atoms with Crippen LogP contribution in [0.15, 0.2) is 127 Å². The van der Waals surface area contributed by atoms with Crippen molar-refractivity contribution in [3.8, 4) is 52.5 Å². The molecule has 2 aliphatic rings. The molecule has 0 saturated heterocycles. The Hall–Kier alpha value is -8.36. The summed E-state index contributed by atoms with van der Waals surface area (Å²) in [5.74, 6) is -0.301. The van der Waals surface area contributed by atoms with Gasteiger partial charge in [-0.05, 0) is 83.8 Å². The second-order valence-electron chi connectivity index (χ2n) is 17.6. The van der Waals surface area contributed by atoms with Crippen LogP contribution in [0.2, 0.25) is 0 Å². The Kier molecular flexibility index (Phi) is 8.43. The van der Waals surface area contributed by atoms with E-state index in [-0.39, 0.29) is 11.3 Å². The van der Waals surface area contributed by atoms with Crippen LogP contribution >= 0.6 is 0 Å². The summed E-state index contributed by atoms with van der Waals surface area (Å²) in [5.41, 5.74) is 13.2. The number of nitriles is 4. The summed E-state index contributed by atoms with van der Waals surface area (Å²) in [4.78, 5) is 0. The van der Waals surface area contributed by atoms with Gasteiger partial charge in [-0.2, -0.15) is 21.0 Å². The number of aromatic nitrogens is 3. The van der Waals surface area contributed by atoms with Crippen molar-refractivity contribution >= 4 is 55.8 Å². The Balaban J connectivity index is 1.44. The van der Waals surface area contributed by atoms with Gasteiger partial charge < -0.3 is 13.7 Å². The third kappa shape index (κ3) is 5.47. The second kappa shape index (κ2) is 14.1. The molecule has 0 bridgehead atoms. The van der Waals surface area contributed by atoms with Gasteiger partial charge in [0, 0.05) is 44.1 Å². The molecule has 298 valence electrons. The van der Waals surface area contributed by atoms with E-state index in [0.717, 1.165) is 89.2 Å². The first-order valence-corrected chi connectivity index (χ1v) is 21.3. The molecule has 63 heavy (non-hydrogen) atoms. The first-order chi connectivity index (χ1) is 30.7. The van der Waals surface area contributed by atoms with Crippen molar-refractivity contribution in [1.82, 2.24) is 13.7 Å². The van der Waals surface area contributed by atoms with Gasteiger partial charge in [-0.15, -0.1) is 0 Å². The highest BCUT2D eigenvalue weighted by Crippen LogP contribution is 2.49. The van der Waals surface area contributed by atoms with Gasteiger partial charge in [-0.1, -0.05) is 118 Å². The Morgan fingerprint density at radius 3 is 1.81 bits per heavy atom. The standard InChI is InChI=1S/C56H39N7/c1-56(2,3)37-24-22-36(23-25-37)52-54(62-48-18-10-6-14-40(48)42-28-34(30-57)20-26-50(42)62)44(32-59)53(61-46-16-8-4-12-38(46)39-13-5-9-17-47(39)61)45(33-60)55(52)63-49-19-11-7-15-41(49)43-29-35(31-58)21-27-51(43)63/h4-10,12-18,20-27,29,34H,11,19,28H2,1-3H3. The maximum atomic E-state index is 12.0. The molecule has 0 radical (unpaired) electrons. The lowest BCUT2D eigenvalue weighted by Crippen LogP contribution is -2.16. The largest absolute Gasteiger partial charge is 0.311 e. The number of fused-ring (bicyclic) bond motifs is 9. The lowest BCUT2D eigenvalue weighted by atomic mass is 9.85. The van der Waals surface area contributed by atoms with Crippen LogP contribution in [0.25, 0.3) is 84.0 Å². The zero-order chi connectivity index (χ0) is 43.1.